The van der Waals surface area contributed by atoms with Crippen LogP contribution in [0.3, 0.4) is 0 Å². The minimum atomic E-state index is -3.58. The maximum absolute atomic E-state index is 8.81. The Balaban J connectivity index is -0.0000000628. The molecule has 0 rings (SSSR count). The van der Waals surface area contributed by atoms with E-state index in [4.69, 9.17) is 31.1 Å². The summed E-state index contributed by atoms with van der Waals surface area (Å²) in [5.74, 6) is 0. The number of hydrogen-bond acceptors (Lipinski definition) is 5. The number of hydrogen-bond donors (Lipinski definition) is 6. The molecule has 0 bridgehead atoms. The topological polar surface area (TPSA) is 138 Å². The van der Waals surface area contributed by atoms with Crippen molar-refractivity contribution in [1.29, 1.82) is 0 Å². The number of unbranched alkanes of at least 4 members (excludes halogenated alkanes) is 4. The van der Waals surface area contributed by atoms with Crippen LogP contribution in [0.4, 0.5) is 0 Å². The molecular formula is C16H42O7Ti. The predicted molar refractivity (Wildman–Crippen MR) is 93.1 cm³/mol. The van der Waals surface area contributed by atoms with Gasteiger partial charge in [0.15, 0.2) is 0 Å². The molecule has 24 heavy (non-hydrogen) atoms. The van der Waals surface area contributed by atoms with Gasteiger partial charge >= 0.3 is 29.3 Å². The van der Waals surface area contributed by atoms with Crippen molar-refractivity contribution in [1.82, 2.24) is 0 Å². The third-order valence-corrected chi connectivity index (χ3v) is 2.05. The molecule has 0 radical (unpaired) electrons. The van der Waals surface area contributed by atoms with Crippen molar-refractivity contribution in [2.75, 3.05) is 26.4 Å². The molecular weight excluding hydrogens is 352 g/mol. The van der Waals surface area contributed by atoms with E-state index in [9.17, 15) is 0 Å². The van der Waals surface area contributed by atoms with Crippen LogP contribution in [0, 0.1) is 0 Å². The van der Waals surface area contributed by atoms with Crippen LogP contribution in [-0.2, 0) is 21.9 Å². The van der Waals surface area contributed by atoms with Crippen LogP contribution in [0.1, 0.15) is 79.1 Å². The Labute approximate surface area is 155 Å². The Bertz CT molecular complexity index is 137. The zero-order chi connectivity index (χ0) is 20.1. The Morgan fingerprint density at radius 2 is 0.667 bits per heavy atom. The fraction of sp³-hybridized carbons (Fsp3) is 1.00. The van der Waals surface area contributed by atoms with E-state index in [-0.39, 0.29) is 0 Å². The van der Waals surface area contributed by atoms with E-state index in [2.05, 4.69) is 27.7 Å². The van der Waals surface area contributed by atoms with Gasteiger partial charge in [0.2, 0.25) is 0 Å². The molecule has 0 atom stereocenters. The Morgan fingerprint density at radius 3 is 0.667 bits per heavy atom. The SMILES string of the molecule is CCCCO.CCCCO.CCCCO.CCCCO.[O]=[Ti]([OH])[OH]. The molecule has 0 aliphatic heterocycles. The van der Waals surface area contributed by atoms with E-state index in [1.807, 2.05) is 0 Å². The van der Waals surface area contributed by atoms with Crippen molar-refractivity contribution >= 4 is 0 Å². The molecule has 8 heteroatoms. The molecule has 6 N–H and O–H groups in total. The van der Waals surface area contributed by atoms with Crippen molar-refractivity contribution in [3.05, 3.63) is 0 Å². The summed E-state index contributed by atoms with van der Waals surface area (Å²) in [6.45, 7) is 9.58. The zero-order valence-corrected chi connectivity index (χ0v) is 17.6. The molecule has 0 spiro atoms. The molecule has 0 heterocycles. The summed E-state index contributed by atoms with van der Waals surface area (Å²) >= 11 is -3.58. The van der Waals surface area contributed by atoms with Gasteiger partial charge in [-0.2, -0.15) is 0 Å². The molecule has 0 aliphatic carbocycles. The van der Waals surface area contributed by atoms with E-state index >= 15 is 0 Å². The van der Waals surface area contributed by atoms with E-state index in [1.165, 1.54) is 0 Å². The molecule has 0 unspecified atom stereocenters. The van der Waals surface area contributed by atoms with Gasteiger partial charge in [-0.25, -0.2) is 0 Å². The van der Waals surface area contributed by atoms with Crippen LogP contribution in [0.5, 0.6) is 0 Å². The third kappa shape index (κ3) is 147. The molecule has 152 valence electrons. The first-order valence-corrected chi connectivity index (χ1v) is 10.8. The van der Waals surface area contributed by atoms with Crippen molar-refractivity contribution in [3.63, 3.8) is 0 Å². The molecule has 0 aromatic rings. The summed E-state index contributed by atoms with van der Waals surface area (Å²) in [5, 5.41) is 32.3. The van der Waals surface area contributed by atoms with Gasteiger partial charge in [0, 0.05) is 26.4 Å². The normalized spacial score (nSPS) is 8.08. The minimum absolute atomic E-state index is 0.344. The van der Waals surface area contributed by atoms with Gasteiger partial charge in [0.25, 0.3) is 0 Å². The van der Waals surface area contributed by atoms with Gasteiger partial charge in [-0.3, -0.25) is 0 Å². The summed E-state index contributed by atoms with van der Waals surface area (Å²) in [4.78, 5) is 0. The Kier molecular flexibility index (Phi) is 73.0. The van der Waals surface area contributed by atoms with Crippen molar-refractivity contribution in [2.24, 2.45) is 0 Å². The number of aliphatic hydroxyl groups is 4. The molecule has 0 fully saturated rings. The maximum atomic E-state index is 8.81. The first-order chi connectivity index (χ1) is 11.4. The molecule has 0 saturated carbocycles. The Hall–Kier alpha value is 0.274. The summed E-state index contributed by atoms with van der Waals surface area (Å²) < 4.78 is 23.2. The summed E-state index contributed by atoms with van der Waals surface area (Å²) in [6.07, 6.45) is 8.15. The molecule has 7 nitrogen and oxygen atoms in total. The fourth-order valence-electron chi connectivity index (χ4n) is 0.632. The van der Waals surface area contributed by atoms with Gasteiger partial charge in [0.05, 0.1) is 0 Å². The van der Waals surface area contributed by atoms with Gasteiger partial charge in [0.1, 0.15) is 0 Å². The van der Waals surface area contributed by atoms with Gasteiger partial charge in [-0.15, -0.1) is 0 Å². The quantitative estimate of drug-likeness (QED) is 0.346. The number of aliphatic hydroxyl groups excluding tert-OH is 4. The first-order valence-electron chi connectivity index (χ1n) is 8.74. The molecule has 0 aliphatic rings. The van der Waals surface area contributed by atoms with Crippen LogP contribution in [0.15, 0.2) is 0 Å². The van der Waals surface area contributed by atoms with Crippen molar-refractivity contribution < 1.29 is 49.7 Å². The summed E-state index contributed by atoms with van der Waals surface area (Å²) in [7, 11) is 0. The summed E-state index contributed by atoms with van der Waals surface area (Å²) in [5.41, 5.74) is 0. The number of rotatable bonds is 8. The average molecular weight is 394 g/mol. The van der Waals surface area contributed by atoms with E-state index in [0.717, 1.165) is 51.4 Å². The van der Waals surface area contributed by atoms with Crippen LogP contribution in [0.2, 0.25) is 0 Å². The van der Waals surface area contributed by atoms with Crippen LogP contribution in [-0.4, -0.2) is 54.2 Å². The second kappa shape index (κ2) is 49.5. The predicted octanol–water partition coefficient (Wildman–Crippen LogP) is 1.88. The van der Waals surface area contributed by atoms with E-state index in [1.54, 1.807) is 0 Å². The second-order valence-corrected chi connectivity index (χ2v) is 5.47. The summed E-state index contributed by atoms with van der Waals surface area (Å²) in [6, 6.07) is 0. The van der Waals surface area contributed by atoms with Gasteiger partial charge in [-0.1, -0.05) is 53.4 Å². The molecule has 0 aromatic heterocycles. The first kappa shape index (κ1) is 35.4. The molecule has 0 saturated heterocycles. The van der Waals surface area contributed by atoms with Gasteiger partial charge in [-0.05, 0) is 25.7 Å². The van der Waals surface area contributed by atoms with Crippen LogP contribution in [0.25, 0.3) is 0 Å². The Morgan fingerprint density at radius 1 is 0.542 bits per heavy atom. The zero-order valence-electron chi connectivity index (χ0n) is 16.1. The second-order valence-electron chi connectivity index (χ2n) is 4.59. The van der Waals surface area contributed by atoms with Crippen LogP contribution < -0.4 is 0 Å². The monoisotopic (exact) mass is 394 g/mol. The standard InChI is InChI=1S/4C4H10O.2H2O.O.Ti/c4*1-2-3-4-5;;;;/h4*5H,2-4H2,1H3;2*1H2;;/q;;;;;;;+2/p-2. The van der Waals surface area contributed by atoms with E-state index < -0.39 is 18.6 Å². The van der Waals surface area contributed by atoms with E-state index in [0.29, 0.717) is 26.4 Å². The van der Waals surface area contributed by atoms with Gasteiger partial charge < -0.3 is 20.4 Å². The third-order valence-electron chi connectivity index (χ3n) is 2.05. The molecule has 0 amide bonds. The average Bonchev–Trinajstić information content (AvgIpc) is 2.52. The van der Waals surface area contributed by atoms with Crippen molar-refractivity contribution in [3.8, 4) is 0 Å². The van der Waals surface area contributed by atoms with Crippen molar-refractivity contribution in [2.45, 2.75) is 79.1 Å². The molecule has 0 aromatic carbocycles. The van der Waals surface area contributed by atoms with Crippen LogP contribution >= 0.6 is 0 Å². The fourth-order valence-corrected chi connectivity index (χ4v) is 0.632.